The summed E-state index contributed by atoms with van der Waals surface area (Å²) in [5.74, 6) is -3.17. The number of ketones is 1. The summed E-state index contributed by atoms with van der Waals surface area (Å²) in [7, 11) is 0. The first-order chi connectivity index (χ1) is 17.7. The lowest BCUT2D eigenvalue weighted by atomic mass is 9.63. The third-order valence-corrected chi connectivity index (χ3v) is 8.50. The van der Waals surface area contributed by atoms with Crippen LogP contribution in [0.1, 0.15) is 27.1 Å². The van der Waals surface area contributed by atoms with Crippen molar-refractivity contribution < 1.29 is 24.1 Å². The van der Waals surface area contributed by atoms with E-state index in [1.54, 1.807) is 0 Å². The molecule has 9 nitrogen and oxygen atoms in total. The molecule has 0 radical (unpaired) electrons. The molecule has 3 fully saturated rings. The van der Waals surface area contributed by atoms with E-state index in [0.717, 1.165) is 22.5 Å². The predicted molar refractivity (Wildman–Crippen MR) is 131 cm³/mol. The van der Waals surface area contributed by atoms with Crippen LogP contribution in [0.4, 0.5) is 5.69 Å². The van der Waals surface area contributed by atoms with Crippen molar-refractivity contribution in [3.63, 3.8) is 0 Å². The zero-order valence-corrected chi connectivity index (χ0v) is 20.6. The summed E-state index contributed by atoms with van der Waals surface area (Å²) >= 11 is 12.2. The molecule has 3 amide bonds. The van der Waals surface area contributed by atoms with E-state index in [4.69, 9.17) is 23.2 Å². The second-order valence-corrected chi connectivity index (χ2v) is 10.7. The smallest absolute Gasteiger partial charge is 0.274 e. The van der Waals surface area contributed by atoms with E-state index in [9.17, 15) is 29.3 Å². The number of amides is 3. The van der Waals surface area contributed by atoms with Crippen molar-refractivity contribution in [3.8, 4) is 0 Å². The van der Waals surface area contributed by atoms with E-state index in [0.29, 0.717) is 11.8 Å². The van der Waals surface area contributed by atoms with Gasteiger partial charge in [-0.15, -0.1) is 0 Å². The van der Waals surface area contributed by atoms with Crippen LogP contribution in [0.3, 0.4) is 0 Å². The Morgan fingerprint density at radius 3 is 2.24 bits per heavy atom. The van der Waals surface area contributed by atoms with Crippen LogP contribution in [-0.4, -0.2) is 45.0 Å². The maximum atomic E-state index is 13.7. The van der Waals surface area contributed by atoms with E-state index in [1.165, 1.54) is 36.4 Å². The molecule has 2 aromatic rings. The number of nitro benzene ring substituents is 1. The van der Waals surface area contributed by atoms with Crippen LogP contribution in [0.5, 0.6) is 0 Å². The van der Waals surface area contributed by atoms with Gasteiger partial charge in [0.15, 0.2) is 5.78 Å². The topological polar surface area (TPSA) is 118 Å². The van der Waals surface area contributed by atoms with Crippen molar-refractivity contribution in [2.24, 2.45) is 35.5 Å². The van der Waals surface area contributed by atoms with Gasteiger partial charge in [0.1, 0.15) is 6.54 Å². The second-order valence-electron chi connectivity index (χ2n) is 9.86. The molecule has 1 saturated heterocycles. The fraction of sp³-hybridized carbons (Fsp3) is 0.308. The number of carbonyl (C=O) groups excluding carboxylic acids is 4. The summed E-state index contributed by atoms with van der Waals surface area (Å²) in [6.45, 7) is -0.689. The monoisotopic (exact) mass is 539 g/mol. The van der Waals surface area contributed by atoms with Gasteiger partial charge in [-0.2, -0.15) is 5.01 Å². The first-order valence-corrected chi connectivity index (χ1v) is 12.5. The second kappa shape index (κ2) is 8.49. The highest BCUT2D eigenvalue weighted by molar-refractivity contribution is 6.36. The third-order valence-electron chi connectivity index (χ3n) is 7.95. The summed E-state index contributed by atoms with van der Waals surface area (Å²) in [4.78, 5) is 65.0. The average molecular weight is 540 g/mol. The van der Waals surface area contributed by atoms with Gasteiger partial charge in [0.05, 0.1) is 27.3 Å². The lowest BCUT2D eigenvalue weighted by Gasteiger charge is -2.37. The Labute approximate surface area is 220 Å². The van der Waals surface area contributed by atoms with Crippen molar-refractivity contribution in [3.05, 3.63) is 85.9 Å². The highest BCUT2D eigenvalue weighted by Crippen LogP contribution is 2.65. The fourth-order valence-corrected chi connectivity index (χ4v) is 6.72. The molecule has 11 heteroatoms. The Morgan fingerprint density at radius 1 is 1.00 bits per heavy atom. The van der Waals surface area contributed by atoms with Crippen LogP contribution >= 0.6 is 23.2 Å². The van der Waals surface area contributed by atoms with Gasteiger partial charge in [0.25, 0.3) is 23.4 Å². The number of halogens is 2. The van der Waals surface area contributed by atoms with Gasteiger partial charge in [-0.1, -0.05) is 47.5 Å². The molecule has 0 unspecified atom stereocenters. The highest BCUT2D eigenvalue weighted by atomic mass is 35.5. The van der Waals surface area contributed by atoms with Gasteiger partial charge in [-0.25, -0.2) is 5.01 Å². The lowest BCUT2D eigenvalue weighted by Crippen LogP contribution is -2.52. The van der Waals surface area contributed by atoms with Gasteiger partial charge in [-0.3, -0.25) is 29.3 Å². The molecule has 6 atom stereocenters. The number of hydrazine groups is 1. The van der Waals surface area contributed by atoms with Crippen LogP contribution < -0.4 is 0 Å². The molecule has 1 heterocycles. The van der Waals surface area contributed by atoms with Gasteiger partial charge in [-0.05, 0) is 48.3 Å². The zero-order valence-electron chi connectivity index (χ0n) is 19.1. The molecule has 2 aromatic carbocycles. The number of hydrogen-bond donors (Lipinski definition) is 0. The molecule has 0 N–H and O–H groups in total. The number of nitro groups is 1. The zero-order chi connectivity index (χ0) is 26.2. The van der Waals surface area contributed by atoms with Crippen molar-refractivity contribution in [1.29, 1.82) is 0 Å². The number of carbonyl (C=O) groups is 4. The normalized spacial score (nSPS) is 28.6. The van der Waals surface area contributed by atoms with Crippen molar-refractivity contribution in [2.75, 3.05) is 6.54 Å². The first kappa shape index (κ1) is 23.8. The number of benzene rings is 2. The maximum Gasteiger partial charge on any atom is 0.274 e. The highest BCUT2D eigenvalue weighted by Gasteiger charge is 2.68. The summed E-state index contributed by atoms with van der Waals surface area (Å²) in [5.41, 5.74) is -0.378. The Kier molecular flexibility index (Phi) is 5.47. The van der Waals surface area contributed by atoms with Crippen LogP contribution in [0, 0.1) is 45.6 Å². The van der Waals surface area contributed by atoms with Crippen LogP contribution in [0.2, 0.25) is 10.0 Å². The number of imide groups is 1. The van der Waals surface area contributed by atoms with E-state index >= 15 is 0 Å². The van der Waals surface area contributed by atoms with Crippen molar-refractivity contribution in [1.82, 2.24) is 10.0 Å². The molecule has 0 spiro atoms. The molecule has 188 valence electrons. The van der Waals surface area contributed by atoms with Crippen LogP contribution in [-0.2, 0) is 9.59 Å². The minimum absolute atomic E-state index is 0.00945. The molecule has 0 aromatic heterocycles. The average Bonchev–Trinajstić information content (AvgIpc) is 3.66. The van der Waals surface area contributed by atoms with E-state index in [-0.39, 0.29) is 38.7 Å². The van der Waals surface area contributed by atoms with Gasteiger partial charge in [0, 0.05) is 22.7 Å². The quantitative estimate of drug-likeness (QED) is 0.178. The molecule has 4 aliphatic carbocycles. The number of Topliss-reactive ketones (excluding diaryl/α,β-unsaturated/α-hetero) is 1. The molecule has 7 rings (SSSR count). The molecule has 2 saturated carbocycles. The Hall–Kier alpha value is -3.56. The van der Waals surface area contributed by atoms with Crippen LogP contribution in [0.25, 0.3) is 0 Å². The molecular formula is C26H19Cl2N3O6. The Bertz CT molecular complexity index is 1410. The first-order valence-electron chi connectivity index (χ1n) is 11.8. The van der Waals surface area contributed by atoms with E-state index in [1.807, 2.05) is 12.2 Å². The largest absolute Gasteiger partial charge is 0.292 e. The van der Waals surface area contributed by atoms with E-state index in [2.05, 4.69) is 0 Å². The number of nitrogens with zero attached hydrogens (tertiary/aromatic N) is 3. The van der Waals surface area contributed by atoms with Gasteiger partial charge < -0.3 is 0 Å². The molecule has 5 aliphatic rings. The summed E-state index contributed by atoms with van der Waals surface area (Å²) in [6, 6.07) is 9.19. The number of hydrogen-bond acceptors (Lipinski definition) is 6. The SMILES string of the molecule is O=C(CN(C(=O)c1ccc(Cl)cc1Cl)N1C(=O)[C@@H]2[C@H]3C=C[C@H]([C@H]4C[C@H]34)[C@@H]2C1=O)c1cccc([N+](=O)[O-])c1. The number of rotatable bonds is 6. The summed E-state index contributed by atoms with van der Waals surface area (Å²) < 4.78 is 0. The van der Waals surface area contributed by atoms with E-state index < -0.39 is 46.8 Å². The van der Waals surface area contributed by atoms with Crippen molar-refractivity contribution in [2.45, 2.75) is 6.42 Å². The predicted octanol–water partition coefficient (Wildman–Crippen LogP) is 4.19. The summed E-state index contributed by atoms with van der Waals surface area (Å²) in [5, 5.41) is 13.1. The Balaban J connectivity index is 1.38. The standard InChI is InChI=1S/C26H19Cl2N3O6/c27-13-4-5-17(20(28)9-13)24(33)29(11-21(32)12-2-1-3-14(8-12)31(36)37)30-25(34)22-15-6-7-16(19-10-18(15)19)23(22)26(30)35/h1-9,15-16,18-19,22-23H,10-11H2/t15-,16+,18-,19-,22+,23-/m1/s1. The molecule has 37 heavy (non-hydrogen) atoms. The summed E-state index contributed by atoms with van der Waals surface area (Å²) in [6.07, 6.45) is 4.99. The maximum absolute atomic E-state index is 13.7. The van der Waals surface area contributed by atoms with Crippen molar-refractivity contribution >= 4 is 52.4 Å². The van der Waals surface area contributed by atoms with Crippen LogP contribution in [0.15, 0.2) is 54.6 Å². The molecule has 1 aliphatic heterocycles. The fourth-order valence-electron chi connectivity index (χ4n) is 6.23. The Morgan fingerprint density at radius 2 is 1.65 bits per heavy atom. The van der Waals surface area contributed by atoms with Gasteiger partial charge >= 0.3 is 0 Å². The number of allylic oxidation sites excluding steroid dienone is 2. The third kappa shape index (κ3) is 3.67. The minimum Gasteiger partial charge on any atom is -0.292 e. The molecule has 2 bridgehead atoms. The lowest BCUT2D eigenvalue weighted by molar-refractivity contribution is -0.384. The van der Waals surface area contributed by atoms with Gasteiger partial charge in [0.2, 0.25) is 0 Å². The number of non-ortho nitro benzene ring substituents is 1. The molecular weight excluding hydrogens is 521 g/mol. The minimum atomic E-state index is -0.828.